The van der Waals surface area contributed by atoms with Crippen LogP contribution in [0.5, 0.6) is 0 Å². The summed E-state index contributed by atoms with van der Waals surface area (Å²) in [6.45, 7) is 0. The number of benzene rings is 2. The first-order valence-corrected chi connectivity index (χ1v) is 5.65. The lowest BCUT2D eigenvalue weighted by Gasteiger charge is -1.95. The largest absolute Gasteiger partial charge is 0.240 e. The van der Waals surface area contributed by atoms with Gasteiger partial charge >= 0.3 is 0 Å². The van der Waals surface area contributed by atoms with Crippen LogP contribution in [-0.2, 0) is 9.59 Å². The Balaban J connectivity index is 0.000000231. The Labute approximate surface area is 125 Å². The zero-order valence-electron chi connectivity index (χ0n) is 11.0. The molecule has 0 saturated heterocycles. The quantitative estimate of drug-likeness (QED) is 0.362. The second-order valence-corrected chi connectivity index (χ2v) is 3.70. The van der Waals surface area contributed by atoms with Gasteiger partial charge in [0.25, 0.3) is 0 Å². The van der Waals surface area contributed by atoms with Crippen molar-refractivity contribution in [2.75, 3.05) is 0 Å². The van der Waals surface area contributed by atoms with Crippen LogP contribution in [0.25, 0.3) is 0 Å². The Bertz CT molecular complexity index is 813. The summed E-state index contributed by atoms with van der Waals surface area (Å²) in [4.78, 5) is 25.2. The maximum Gasteiger partial charge on any atom is 0.240 e. The number of isocyanates is 2. The second-order valence-electron chi connectivity index (χ2n) is 3.70. The van der Waals surface area contributed by atoms with Gasteiger partial charge in [-0.2, -0.15) is 9.98 Å². The van der Waals surface area contributed by atoms with Gasteiger partial charge in [0.1, 0.15) is 5.69 Å². The standard InChI is InChI=1S/C7H2F3NO.C7H3F2NO/c8-4-1-2-5(11-3-12)7(10)6(4)9;8-6-2-1-5(10-4-11)3-7(6)9/h1-2H;1-3H. The van der Waals surface area contributed by atoms with Gasteiger partial charge < -0.3 is 0 Å². The zero-order valence-corrected chi connectivity index (χ0v) is 11.0. The Morgan fingerprint density at radius 3 is 1.87 bits per heavy atom. The summed E-state index contributed by atoms with van der Waals surface area (Å²) in [5.74, 6) is -6.45. The van der Waals surface area contributed by atoms with Crippen molar-refractivity contribution in [3.63, 3.8) is 0 Å². The van der Waals surface area contributed by atoms with Crippen molar-refractivity contribution in [3.05, 3.63) is 59.4 Å². The average Bonchev–Trinajstić information content (AvgIpc) is 2.53. The van der Waals surface area contributed by atoms with Gasteiger partial charge in [0.15, 0.2) is 29.1 Å². The summed E-state index contributed by atoms with van der Waals surface area (Å²) in [6, 6.07) is 4.42. The summed E-state index contributed by atoms with van der Waals surface area (Å²) in [5, 5.41) is 0. The number of nitrogens with zero attached hydrogens (tertiary/aromatic N) is 2. The molecule has 0 aromatic heterocycles. The highest BCUT2D eigenvalue weighted by Gasteiger charge is 2.12. The smallest absolute Gasteiger partial charge is 0.211 e. The maximum absolute atomic E-state index is 12.6. The molecular formula is C14H5F5N2O2. The molecule has 0 atom stereocenters. The number of rotatable bonds is 2. The third-order valence-corrected chi connectivity index (χ3v) is 2.26. The van der Waals surface area contributed by atoms with Gasteiger partial charge in [-0.05, 0) is 24.3 Å². The lowest BCUT2D eigenvalue weighted by Crippen LogP contribution is -1.89. The number of hydrogen-bond donors (Lipinski definition) is 0. The van der Waals surface area contributed by atoms with E-state index in [1.165, 1.54) is 12.1 Å². The minimum atomic E-state index is -1.65. The Morgan fingerprint density at radius 1 is 0.696 bits per heavy atom. The van der Waals surface area contributed by atoms with E-state index in [-0.39, 0.29) is 5.69 Å². The van der Waals surface area contributed by atoms with E-state index >= 15 is 0 Å². The van der Waals surface area contributed by atoms with Gasteiger partial charge in [-0.25, -0.2) is 31.5 Å². The molecule has 118 valence electrons. The molecule has 9 heteroatoms. The van der Waals surface area contributed by atoms with E-state index in [4.69, 9.17) is 0 Å². The number of halogens is 5. The predicted octanol–water partition coefficient (Wildman–Crippen LogP) is 4.00. The SMILES string of the molecule is O=C=Nc1ccc(F)c(F)c1.O=C=Nc1ccc(F)c(F)c1F. The molecule has 0 unspecified atom stereocenters. The average molecular weight is 328 g/mol. The third-order valence-electron chi connectivity index (χ3n) is 2.26. The van der Waals surface area contributed by atoms with Crippen LogP contribution in [0.3, 0.4) is 0 Å². The molecule has 0 bridgehead atoms. The molecular weight excluding hydrogens is 323 g/mol. The van der Waals surface area contributed by atoms with Gasteiger partial charge in [-0.15, -0.1) is 0 Å². The summed E-state index contributed by atoms with van der Waals surface area (Å²) in [7, 11) is 0. The molecule has 0 fully saturated rings. The van der Waals surface area contributed by atoms with Crippen LogP contribution in [0.2, 0.25) is 0 Å². The van der Waals surface area contributed by atoms with Crippen LogP contribution in [0.15, 0.2) is 40.3 Å². The van der Waals surface area contributed by atoms with Gasteiger partial charge in [0, 0.05) is 6.07 Å². The Hall–Kier alpha value is -3.15. The molecule has 0 radical (unpaired) electrons. The molecule has 23 heavy (non-hydrogen) atoms. The summed E-state index contributed by atoms with van der Waals surface area (Å²) >= 11 is 0. The van der Waals surface area contributed by atoms with E-state index in [9.17, 15) is 31.5 Å². The molecule has 0 saturated carbocycles. The normalized spacial score (nSPS) is 9.09. The molecule has 2 aromatic rings. The minimum absolute atomic E-state index is 0.0545. The summed E-state index contributed by atoms with van der Waals surface area (Å²) < 4.78 is 61.7. The van der Waals surface area contributed by atoms with Gasteiger partial charge in [0.05, 0.1) is 5.69 Å². The van der Waals surface area contributed by atoms with Gasteiger partial charge in [-0.3, -0.25) is 0 Å². The predicted molar refractivity (Wildman–Crippen MR) is 68.2 cm³/mol. The van der Waals surface area contributed by atoms with Crippen molar-refractivity contribution in [2.24, 2.45) is 9.98 Å². The molecule has 0 aliphatic rings. The van der Waals surface area contributed by atoms with E-state index in [2.05, 4.69) is 9.98 Å². The van der Waals surface area contributed by atoms with Crippen LogP contribution >= 0.6 is 0 Å². The second kappa shape index (κ2) is 8.33. The monoisotopic (exact) mass is 328 g/mol. The molecule has 0 aliphatic carbocycles. The first-order valence-electron chi connectivity index (χ1n) is 5.65. The van der Waals surface area contributed by atoms with Crippen molar-refractivity contribution >= 4 is 23.5 Å². The van der Waals surface area contributed by atoms with Crippen molar-refractivity contribution in [1.82, 2.24) is 0 Å². The van der Waals surface area contributed by atoms with Crippen LogP contribution < -0.4 is 0 Å². The van der Waals surface area contributed by atoms with Crippen LogP contribution in [-0.4, -0.2) is 12.2 Å². The molecule has 4 nitrogen and oxygen atoms in total. The van der Waals surface area contributed by atoms with Crippen LogP contribution in [0.1, 0.15) is 0 Å². The number of aliphatic imine (C=N–C) groups is 2. The van der Waals surface area contributed by atoms with Crippen molar-refractivity contribution < 1.29 is 31.5 Å². The molecule has 0 spiro atoms. The molecule has 2 aromatic carbocycles. The number of hydrogen-bond acceptors (Lipinski definition) is 4. The van der Waals surface area contributed by atoms with Crippen molar-refractivity contribution in [1.29, 1.82) is 0 Å². The third kappa shape index (κ3) is 4.96. The molecule has 0 aliphatic heterocycles. The molecule has 0 amide bonds. The Kier molecular flexibility index (Phi) is 6.48. The fourth-order valence-corrected chi connectivity index (χ4v) is 1.26. The first kappa shape index (κ1) is 17.9. The van der Waals surface area contributed by atoms with Gasteiger partial charge in [-0.1, -0.05) is 0 Å². The summed E-state index contributed by atoms with van der Waals surface area (Å²) in [5.41, 5.74) is -0.511. The van der Waals surface area contributed by atoms with E-state index in [1.54, 1.807) is 0 Å². The van der Waals surface area contributed by atoms with E-state index in [0.29, 0.717) is 6.07 Å². The Morgan fingerprint density at radius 2 is 1.30 bits per heavy atom. The molecule has 0 N–H and O–H groups in total. The number of carbonyl (C=O) groups excluding carboxylic acids is 2. The highest BCUT2D eigenvalue weighted by Crippen LogP contribution is 2.21. The van der Waals surface area contributed by atoms with E-state index in [1.807, 2.05) is 0 Å². The zero-order chi connectivity index (χ0) is 17.4. The van der Waals surface area contributed by atoms with Crippen molar-refractivity contribution in [2.45, 2.75) is 0 Å². The maximum atomic E-state index is 12.6. The fourth-order valence-electron chi connectivity index (χ4n) is 1.26. The van der Waals surface area contributed by atoms with Crippen LogP contribution in [0, 0.1) is 29.1 Å². The van der Waals surface area contributed by atoms with Crippen molar-refractivity contribution in [3.8, 4) is 0 Å². The highest BCUT2D eigenvalue weighted by molar-refractivity contribution is 5.49. The van der Waals surface area contributed by atoms with Gasteiger partial charge in [0.2, 0.25) is 12.2 Å². The fraction of sp³-hybridized carbons (Fsp3) is 0. The minimum Gasteiger partial charge on any atom is -0.211 e. The lowest BCUT2D eigenvalue weighted by atomic mass is 10.3. The highest BCUT2D eigenvalue weighted by atomic mass is 19.2. The summed E-state index contributed by atoms with van der Waals surface area (Å²) in [6.07, 6.45) is 2.23. The van der Waals surface area contributed by atoms with Crippen LogP contribution in [0.4, 0.5) is 33.3 Å². The van der Waals surface area contributed by atoms with E-state index in [0.717, 1.165) is 24.3 Å². The lowest BCUT2D eigenvalue weighted by molar-refractivity contribution is 0.448. The molecule has 2 rings (SSSR count). The topological polar surface area (TPSA) is 58.9 Å². The molecule has 0 heterocycles. The first-order chi connectivity index (χ1) is 10.9. The van der Waals surface area contributed by atoms with E-state index < -0.39 is 34.8 Å².